The van der Waals surface area contributed by atoms with Gasteiger partial charge in [-0.1, -0.05) is 0 Å². The Hall–Kier alpha value is -0.530. The molecule has 0 spiro atoms. The molecular weight excluding hydrogens is 277 g/mol. The molecule has 5 nitrogen and oxygen atoms in total. The maximum Gasteiger partial charge on any atom is 0.416 e. The highest BCUT2D eigenvalue weighted by atomic mass is 127. The Morgan fingerprint density at radius 1 is 1.58 bits per heavy atom. The smallest absolute Gasteiger partial charge is 0.416 e. The lowest BCUT2D eigenvalue weighted by Gasteiger charge is -2.10. The first-order valence-corrected chi connectivity index (χ1v) is 4.43. The van der Waals surface area contributed by atoms with Crippen molar-refractivity contribution in [1.82, 2.24) is 3.53 Å². The predicted octanol–water partition coefficient (Wildman–Crippen LogP) is 1.01. The first-order chi connectivity index (χ1) is 5.61. The van der Waals surface area contributed by atoms with E-state index in [0.29, 0.717) is 0 Å². The maximum atomic E-state index is 10.9. The van der Waals surface area contributed by atoms with Gasteiger partial charge in [-0.05, 0) is 13.8 Å². The average Bonchev–Trinajstić information content (AvgIpc) is 2.04. The highest BCUT2D eigenvalue weighted by Gasteiger charge is 2.17. The van der Waals surface area contributed by atoms with Gasteiger partial charge in [0.1, 0.15) is 0 Å². The fourth-order valence-electron chi connectivity index (χ4n) is 0.491. The van der Waals surface area contributed by atoms with Crippen molar-refractivity contribution in [2.75, 3.05) is 6.61 Å². The Kier molecular flexibility index (Phi) is 5.77. The molecule has 0 rings (SSSR count). The Balaban J connectivity index is 3.78. The van der Waals surface area contributed by atoms with Gasteiger partial charge in [0.25, 0.3) is 0 Å². The van der Waals surface area contributed by atoms with Crippen LogP contribution >= 0.6 is 22.9 Å². The molecule has 0 aliphatic heterocycles. The van der Waals surface area contributed by atoms with Gasteiger partial charge in [0.15, 0.2) is 6.10 Å². The van der Waals surface area contributed by atoms with Crippen LogP contribution in [0.15, 0.2) is 0 Å². The minimum atomic E-state index is -0.861. The first kappa shape index (κ1) is 11.5. The van der Waals surface area contributed by atoms with E-state index in [9.17, 15) is 9.59 Å². The Bertz CT molecular complexity index is 173. The van der Waals surface area contributed by atoms with Crippen LogP contribution in [0.5, 0.6) is 0 Å². The number of carbonyl (C=O) groups excluding carboxylic acids is 2. The van der Waals surface area contributed by atoms with Crippen LogP contribution in [0.4, 0.5) is 4.79 Å². The summed E-state index contributed by atoms with van der Waals surface area (Å²) in [6, 6.07) is 0. The van der Waals surface area contributed by atoms with Gasteiger partial charge in [-0.25, -0.2) is 9.59 Å². The second-order valence-electron chi connectivity index (χ2n) is 1.89. The van der Waals surface area contributed by atoms with Crippen LogP contribution in [0.1, 0.15) is 13.8 Å². The van der Waals surface area contributed by atoms with Crippen LogP contribution in [0.2, 0.25) is 0 Å². The van der Waals surface area contributed by atoms with Crippen LogP contribution in [0.3, 0.4) is 0 Å². The Morgan fingerprint density at radius 3 is 2.58 bits per heavy atom. The van der Waals surface area contributed by atoms with Crippen molar-refractivity contribution in [2.24, 2.45) is 0 Å². The molecule has 0 aliphatic rings. The quantitative estimate of drug-likeness (QED) is 0.478. The molecule has 0 aromatic rings. The van der Waals surface area contributed by atoms with Gasteiger partial charge >= 0.3 is 12.1 Å². The molecule has 0 bridgehead atoms. The van der Waals surface area contributed by atoms with E-state index in [2.05, 4.69) is 13.0 Å². The summed E-state index contributed by atoms with van der Waals surface area (Å²) in [6.45, 7) is 3.41. The summed E-state index contributed by atoms with van der Waals surface area (Å²) in [5.41, 5.74) is 0. The molecule has 0 radical (unpaired) electrons. The standard InChI is InChI=1S/C6H10INO4/c1-3-11-5(9)4(2)12-6(10)8-7/h4H,3H2,1-2H3,(H,8,10). The van der Waals surface area contributed by atoms with Crippen LogP contribution in [-0.4, -0.2) is 24.8 Å². The van der Waals surface area contributed by atoms with Crippen molar-refractivity contribution in [3.8, 4) is 0 Å². The third kappa shape index (κ3) is 4.37. The van der Waals surface area contributed by atoms with Gasteiger partial charge in [0, 0.05) is 0 Å². The van der Waals surface area contributed by atoms with Crippen molar-refractivity contribution in [1.29, 1.82) is 0 Å². The zero-order valence-electron chi connectivity index (χ0n) is 6.80. The Labute approximate surface area is 84.3 Å². The molecule has 0 aromatic carbocycles. The highest BCUT2D eigenvalue weighted by molar-refractivity contribution is 14.1. The van der Waals surface area contributed by atoms with Crippen molar-refractivity contribution in [3.05, 3.63) is 0 Å². The zero-order chi connectivity index (χ0) is 9.56. The van der Waals surface area contributed by atoms with Gasteiger partial charge in [-0.2, -0.15) is 0 Å². The number of hydrogen-bond donors (Lipinski definition) is 1. The summed E-state index contributed by atoms with van der Waals surface area (Å²) < 4.78 is 11.4. The molecule has 12 heavy (non-hydrogen) atoms. The number of esters is 1. The van der Waals surface area contributed by atoms with Crippen molar-refractivity contribution >= 4 is 34.9 Å². The topological polar surface area (TPSA) is 64.6 Å². The molecule has 0 fully saturated rings. The molecule has 0 heterocycles. The minimum Gasteiger partial charge on any atom is -0.463 e. The van der Waals surface area contributed by atoms with Crippen LogP contribution in [0, 0.1) is 0 Å². The monoisotopic (exact) mass is 287 g/mol. The first-order valence-electron chi connectivity index (χ1n) is 3.35. The third-order valence-electron chi connectivity index (χ3n) is 0.979. The molecule has 0 aromatic heterocycles. The van der Waals surface area contributed by atoms with E-state index in [1.165, 1.54) is 6.92 Å². The molecular formula is C6H10INO4. The van der Waals surface area contributed by atoms with E-state index in [4.69, 9.17) is 0 Å². The predicted molar refractivity (Wildman–Crippen MR) is 49.7 cm³/mol. The molecule has 1 unspecified atom stereocenters. The number of hydrogen-bond acceptors (Lipinski definition) is 4. The number of ether oxygens (including phenoxy) is 2. The largest absolute Gasteiger partial charge is 0.463 e. The van der Waals surface area contributed by atoms with Gasteiger partial charge in [-0.3, -0.25) is 3.53 Å². The molecule has 1 amide bonds. The zero-order valence-corrected chi connectivity index (χ0v) is 8.95. The fraction of sp³-hybridized carbons (Fsp3) is 0.667. The molecule has 1 N–H and O–H groups in total. The molecule has 0 aliphatic carbocycles. The number of nitrogens with one attached hydrogen (secondary N) is 1. The van der Waals surface area contributed by atoms with E-state index >= 15 is 0 Å². The number of rotatable bonds is 3. The van der Waals surface area contributed by atoms with Crippen LogP contribution in [-0.2, 0) is 14.3 Å². The second-order valence-corrected chi connectivity index (χ2v) is 2.43. The highest BCUT2D eigenvalue weighted by Crippen LogP contribution is 1.95. The lowest BCUT2D eigenvalue weighted by Crippen LogP contribution is -2.28. The molecule has 0 saturated heterocycles. The summed E-state index contributed by atoms with van der Waals surface area (Å²) >= 11 is 1.61. The molecule has 0 saturated carbocycles. The number of carbonyl (C=O) groups is 2. The van der Waals surface area contributed by atoms with Crippen LogP contribution in [0.25, 0.3) is 0 Å². The summed E-state index contributed by atoms with van der Waals surface area (Å²) in [6.07, 6.45) is -1.52. The fourth-order valence-corrected chi connectivity index (χ4v) is 0.618. The van der Waals surface area contributed by atoms with Gasteiger partial charge < -0.3 is 9.47 Å². The van der Waals surface area contributed by atoms with Gasteiger partial charge in [0.2, 0.25) is 0 Å². The summed E-state index contributed by atoms with van der Waals surface area (Å²) in [5, 5.41) is 0. The summed E-state index contributed by atoms with van der Waals surface area (Å²) in [4.78, 5) is 21.4. The van der Waals surface area contributed by atoms with E-state index in [-0.39, 0.29) is 6.61 Å². The minimum absolute atomic E-state index is 0.276. The van der Waals surface area contributed by atoms with E-state index in [1.54, 1.807) is 29.8 Å². The van der Waals surface area contributed by atoms with E-state index < -0.39 is 18.2 Å². The van der Waals surface area contributed by atoms with Gasteiger partial charge in [0.05, 0.1) is 29.5 Å². The van der Waals surface area contributed by atoms with Crippen LogP contribution < -0.4 is 3.53 Å². The summed E-state index contributed by atoms with van der Waals surface area (Å²) in [5.74, 6) is -0.544. The van der Waals surface area contributed by atoms with Crippen molar-refractivity contribution < 1.29 is 19.1 Å². The van der Waals surface area contributed by atoms with Gasteiger partial charge in [-0.15, -0.1) is 0 Å². The number of halogens is 1. The van der Waals surface area contributed by atoms with E-state index in [1.807, 2.05) is 0 Å². The second kappa shape index (κ2) is 6.04. The Morgan fingerprint density at radius 2 is 2.17 bits per heavy atom. The maximum absolute atomic E-state index is 10.9. The van der Waals surface area contributed by atoms with Crippen molar-refractivity contribution in [3.63, 3.8) is 0 Å². The third-order valence-corrected chi connectivity index (χ3v) is 1.42. The average molecular weight is 287 g/mol. The van der Waals surface area contributed by atoms with E-state index in [0.717, 1.165) is 0 Å². The number of amides is 1. The molecule has 1 atom stereocenters. The SMILES string of the molecule is CCOC(=O)C(C)OC(=O)NI. The summed E-state index contributed by atoms with van der Waals surface area (Å²) in [7, 11) is 0. The normalized spacial score (nSPS) is 11.6. The van der Waals surface area contributed by atoms with Crippen molar-refractivity contribution in [2.45, 2.75) is 20.0 Å². The lowest BCUT2D eigenvalue weighted by atomic mass is 10.4. The molecule has 6 heteroatoms. The molecule has 70 valence electrons. The lowest BCUT2D eigenvalue weighted by molar-refractivity contribution is -0.152.